The fourth-order valence-electron chi connectivity index (χ4n) is 3.58. The Morgan fingerprint density at radius 3 is 1.77 bits per heavy atom. The fraction of sp³-hybridized carbons (Fsp3) is 0.778. The molecule has 0 saturated carbocycles. The molecule has 0 N–H and O–H groups in total. The quantitative estimate of drug-likeness (QED) is 0.0754. The third kappa shape index (κ3) is 18.9. The van der Waals surface area contributed by atoms with Crippen LogP contribution in [-0.4, -0.2) is 25.0 Å². The minimum absolute atomic E-state index is 0.0416. The first kappa shape index (κ1) is 29.4. The summed E-state index contributed by atoms with van der Waals surface area (Å²) >= 11 is 0. The molecule has 0 saturated heterocycles. The largest absolute Gasteiger partial charge is 0.498 e. The van der Waals surface area contributed by atoms with Crippen molar-refractivity contribution in [3.05, 3.63) is 24.5 Å². The number of esters is 1. The van der Waals surface area contributed by atoms with Gasteiger partial charge in [-0.05, 0) is 37.8 Å². The molecule has 0 aromatic rings. The maximum atomic E-state index is 12.3. The number of carbonyl (C=O) groups excluding carboxylic acids is 2. The molecule has 1 atom stereocenters. The van der Waals surface area contributed by atoms with Crippen molar-refractivity contribution in [1.82, 2.24) is 0 Å². The van der Waals surface area contributed by atoms with Gasteiger partial charge in [0.15, 0.2) is 5.78 Å². The molecule has 0 amide bonds. The first-order valence-electron chi connectivity index (χ1n) is 12.7. The number of hydrogen-bond acceptors (Lipinski definition) is 4. The second-order valence-electron chi connectivity index (χ2n) is 8.51. The van der Waals surface area contributed by atoms with E-state index in [1.165, 1.54) is 63.9 Å². The number of unbranched alkanes of at least 4 members (excludes halogenated alkanes) is 10. The summed E-state index contributed by atoms with van der Waals surface area (Å²) in [7, 11) is 0. The molecular weight excluding hydrogens is 388 g/mol. The lowest BCUT2D eigenvalue weighted by Crippen LogP contribution is -2.16. The molecule has 4 nitrogen and oxygen atoms in total. The van der Waals surface area contributed by atoms with Crippen LogP contribution in [0.1, 0.15) is 117 Å². The lowest BCUT2D eigenvalue weighted by atomic mass is 9.94. The van der Waals surface area contributed by atoms with E-state index >= 15 is 0 Å². The Morgan fingerprint density at radius 1 is 0.742 bits per heavy atom. The van der Waals surface area contributed by atoms with E-state index in [9.17, 15) is 9.59 Å². The Bertz CT molecular complexity index is 495. The summed E-state index contributed by atoms with van der Waals surface area (Å²) < 4.78 is 11.4. The number of carbonyl (C=O) groups is 2. The highest BCUT2D eigenvalue weighted by molar-refractivity contribution is 5.89. The van der Waals surface area contributed by atoms with Crippen LogP contribution in [0.3, 0.4) is 0 Å². The van der Waals surface area contributed by atoms with Crippen molar-refractivity contribution >= 4 is 11.8 Å². The van der Waals surface area contributed by atoms with Gasteiger partial charge < -0.3 is 9.47 Å². The second-order valence-corrected chi connectivity index (χ2v) is 8.51. The molecule has 0 spiro atoms. The standard InChI is InChI=1S/C27H48O4/c1-5-9-11-13-15-17-19-30-26(8-4)22-24(21-25(28)7-3)23-27(29)31-20-18-16-14-12-10-6-2/h7-8,24H,3,5-6,9-23H2,1-2,4H3/b26-8-. The third-order valence-electron chi connectivity index (χ3n) is 5.53. The van der Waals surface area contributed by atoms with Crippen molar-refractivity contribution in [2.45, 2.75) is 117 Å². The molecule has 0 aromatic heterocycles. The number of hydrogen-bond donors (Lipinski definition) is 0. The first-order chi connectivity index (χ1) is 15.1. The zero-order valence-electron chi connectivity index (χ0n) is 20.6. The third-order valence-corrected chi connectivity index (χ3v) is 5.53. The highest BCUT2D eigenvalue weighted by atomic mass is 16.5. The van der Waals surface area contributed by atoms with Gasteiger partial charge in [0, 0.05) is 19.3 Å². The molecule has 0 aliphatic heterocycles. The number of allylic oxidation sites excluding steroid dienone is 3. The Kier molecular flexibility index (Phi) is 20.5. The van der Waals surface area contributed by atoms with Crippen LogP contribution in [-0.2, 0) is 19.1 Å². The maximum Gasteiger partial charge on any atom is 0.306 e. The van der Waals surface area contributed by atoms with Crippen molar-refractivity contribution in [3.8, 4) is 0 Å². The van der Waals surface area contributed by atoms with Crippen LogP contribution in [0, 0.1) is 5.92 Å². The van der Waals surface area contributed by atoms with Crippen LogP contribution in [0.5, 0.6) is 0 Å². The van der Waals surface area contributed by atoms with Gasteiger partial charge in [-0.15, -0.1) is 0 Å². The van der Waals surface area contributed by atoms with Crippen LogP contribution in [0.25, 0.3) is 0 Å². The summed E-state index contributed by atoms with van der Waals surface area (Å²) in [6.45, 7) is 11.1. The molecule has 0 bridgehead atoms. The summed E-state index contributed by atoms with van der Waals surface area (Å²) in [6, 6.07) is 0. The molecular formula is C27H48O4. The molecule has 31 heavy (non-hydrogen) atoms. The normalized spacial score (nSPS) is 12.4. The van der Waals surface area contributed by atoms with Gasteiger partial charge in [-0.3, -0.25) is 9.59 Å². The summed E-state index contributed by atoms with van der Waals surface area (Å²) in [5.74, 6) is 0.486. The zero-order chi connectivity index (χ0) is 23.2. The minimum atomic E-state index is -0.221. The van der Waals surface area contributed by atoms with E-state index in [2.05, 4.69) is 20.4 Å². The minimum Gasteiger partial charge on any atom is -0.498 e. The molecule has 0 radical (unpaired) electrons. The predicted molar refractivity (Wildman–Crippen MR) is 130 cm³/mol. The molecule has 1 unspecified atom stereocenters. The van der Waals surface area contributed by atoms with E-state index < -0.39 is 0 Å². The molecule has 0 aliphatic rings. The Labute approximate surface area is 191 Å². The smallest absolute Gasteiger partial charge is 0.306 e. The van der Waals surface area contributed by atoms with E-state index in [0.29, 0.717) is 26.1 Å². The van der Waals surface area contributed by atoms with E-state index in [-0.39, 0.29) is 24.1 Å². The van der Waals surface area contributed by atoms with E-state index in [4.69, 9.17) is 9.47 Å². The SMILES string of the molecule is C=CC(=O)CC(CC(=O)OCCCCCCCC)C/C(=C/C)OCCCCCCCC. The van der Waals surface area contributed by atoms with Gasteiger partial charge in [-0.25, -0.2) is 0 Å². The monoisotopic (exact) mass is 436 g/mol. The number of rotatable bonds is 22. The zero-order valence-corrected chi connectivity index (χ0v) is 20.6. The molecule has 0 rings (SSSR count). The van der Waals surface area contributed by atoms with Crippen LogP contribution >= 0.6 is 0 Å². The van der Waals surface area contributed by atoms with Gasteiger partial charge in [0.25, 0.3) is 0 Å². The highest BCUT2D eigenvalue weighted by Crippen LogP contribution is 2.22. The first-order valence-corrected chi connectivity index (χ1v) is 12.7. The van der Waals surface area contributed by atoms with Gasteiger partial charge in [0.05, 0.1) is 19.0 Å². The lowest BCUT2D eigenvalue weighted by molar-refractivity contribution is -0.145. The van der Waals surface area contributed by atoms with Gasteiger partial charge in [-0.2, -0.15) is 0 Å². The van der Waals surface area contributed by atoms with Crippen molar-refractivity contribution in [2.75, 3.05) is 13.2 Å². The summed E-state index contributed by atoms with van der Waals surface area (Å²) in [4.78, 5) is 24.2. The van der Waals surface area contributed by atoms with Crippen LogP contribution in [0.2, 0.25) is 0 Å². The lowest BCUT2D eigenvalue weighted by Gasteiger charge is -2.18. The average Bonchev–Trinajstić information content (AvgIpc) is 2.76. The van der Waals surface area contributed by atoms with Crippen LogP contribution in [0.15, 0.2) is 24.5 Å². The van der Waals surface area contributed by atoms with Crippen LogP contribution in [0.4, 0.5) is 0 Å². The topological polar surface area (TPSA) is 52.6 Å². The molecule has 0 aromatic carbocycles. The molecule has 0 fully saturated rings. The molecule has 0 aliphatic carbocycles. The van der Waals surface area contributed by atoms with Crippen molar-refractivity contribution in [2.24, 2.45) is 5.92 Å². The molecule has 4 heteroatoms. The summed E-state index contributed by atoms with van der Waals surface area (Å²) in [5, 5.41) is 0. The Balaban J connectivity index is 4.32. The highest BCUT2D eigenvalue weighted by Gasteiger charge is 2.19. The van der Waals surface area contributed by atoms with Crippen molar-refractivity contribution < 1.29 is 19.1 Å². The summed E-state index contributed by atoms with van der Waals surface area (Å²) in [6.07, 6.45) is 18.7. The predicted octanol–water partition coefficient (Wildman–Crippen LogP) is 7.71. The van der Waals surface area contributed by atoms with Gasteiger partial charge in [0.2, 0.25) is 0 Å². The average molecular weight is 437 g/mol. The molecule has 180 valence electrons. The number of ether oxygens (including phenoxy) is 2. The fourth-order valence-corrected chi connectivity index (χ4v) is 3.58. The van der Waals surface area contributed by atoms with Crippen molar-refractivity contribution in [1.29, 1.82) is 0 Å². The van der Waals surface area contributed by atoms with Crippen LogP contribution < -0.4 is 0 Å². The van der Waals surface area contributed by atoms with E-state index in [1.807, 2.05) is 13.0 Å². The second kappa shape index (κ2) is 21.6. The molecule has 0 heterocycles. The maximum absolute atomic E-state index is 12.3. The Hall–Kier alpha value is -1.58. The van der Waals surface area contributed by atoms with Gasteiger partial charge in [-0.1, -0.05) is 84.6 Å². The van der Waals surface area contributed by atoms with Gasteiger partial charge >= 0.3 is 5.97 Å². The summed E-state index contributed by atoms with van der Waals surface area (Å²) in [5.41, 5.74) is 0. The van der Waals surface area contributed by atoms with Gasteiger partial charge in [0.1, 0.15) is 0 Å². The van der Waals surface area contributed by atoms with E-state index in [0.717, 1.165) is 25.0 Å². The van der Waals surface area contributed by atoms with E-state index in [1.54, 1.807) is 0 Å². The Morgan fingerprint density at radius 2 is 1.26 bits per heavy atom. The number of ketones is 1. The van der Waals surface area contributed by atoms with Crippen molar-refractivity contribution in [3.63, 3.8) is 0 Å².